The van der Waals surface area contributed by atoms with E-state index in [-0.39, 0.29) is 48.1 Å². The molecule has 4 bridgehead atoms. The number of aromatic nitrogens is 2. The van der Waals surface area contributed by atoms with Gasteiger partial charge in [-0.2, -0.15) is 0 Å². The number of nitrogens with one attached hydrogen (secondary N) is 2. The molecule has 56 heavy (non-hydrogen) atoms. The number of carbonyl (C=O) groups is 4. The molecule has 9 rings (SSSR count). The summed E-state index contributed by atoms with van der Waals surface area (Å²) in [6.07, 6.45) is 17.6. The highest BCUT2D eigenvalue weighted by molar-refractivity contribution is 5.96. The van der Waals surface area contributed by atoms with Crippen LogP contribution in [0.25, 0.3) is 0 Å². The predicted octanol–water partition coefficient (Wildman–Crippen LogP) is 6.92. The van der Waals surface area contributed by atoms with Crippen molar-refractivity contribution in [2.75, 3.05) is 36.0 Å². The molecule has 2 atom stereocenters. The summed E-state index contributed by atoms with van der Waals surface area (Å²) in [5.41, 5.74) is 2.81. The number of amides is 2. The Kier molecular flexibility index (Phi) is 12.5. The smallest absolute Gasteiger partial charge is 0.303 e. The van der Waals surface area contributed by atoms with Gasteiger partial charge in [0.25, 0.3) is 11.8 Å². The third kappa shape index (κ3) is 9.83. The predicted molar refractivity (Wildman–Crippen MR) is 215 cm³/mol. The Balaban J connectivity index is 0.000000174. The van der Waals surface area contributed by atoms with Crippen LogP contribution in [-0.2, 0) is 9.59 Å². The molecule has 2 aromatic rings. The maximum atomic E-state index is 13.2. The minimum Gasteiger partial charge on any atom is -0.481 e. The number of carboxylic acid groups (broad SMARTS) is 2. The molecule has 12 heteroatoms. The van der Waals surface area contributed by atoms with Gasteiger partial charge in [-0.15, -0.1) is 0 Å². The monoisotopic (exact) mass is 770 g/mol. The quantitative estimate of drug-likeness (QED) is 0.199. The lowest BCUT2D eigenvalue weighted by molar-refractivity contribution is -0.139. The second-order valence-electron chi connectivity index (χ2n) is 18.2. The first-order valence-electron chi connectivity index (χ1n) is 21.4. The van der Waals surface area contributed by atoms with Gasteiger partial charge in [0.2, 0.25) is 0 Å². The van der Waals surface area contributed by atoms with Crippen LogP contribution in [0.3, 0.4) is 0 Å². The maximum Gasteiger partial charge on any atom is 0.303 e. The summed E-state index contributed by atoms with van der Waals surface area (Å²) >= 11 is 0. The van der Waals surface area contributed by atoms with E-state index in [1.807, 2.05) is 38.1 Å². The summed E-state index contributed by atoms with van der Waals surface area (Å²) in [7, 11) is 0. The zero-order valence-corrected chi connectivity index (χ0v) is 33.4. The van der Waals surface area contributed by atoms with Crippen LogP contribution < -0.4 is 20.4 Å². The Morgan fingerprint density at radius 1 is 0.661 bits per heavy atom. The standard InChI is InChI=1S/C24H33N3O3.C20H29N3O3/c1-15-20(4-5-21(25-15)27-6-2-3-16(14-27)10-22(28)29)23(30)26-24-11-17-7-18(12-24)9-19(8-17)13-24;1-14-17(20(26)22-16-7-3-2-4-8-16)9-10-18(21-14)23-11-5-6-15(13-23)12-19(24)25/h4-5,16-19H,2-3,6-14H2,1H3,(H,26,30)(H,28,29);9-10,15-16H,2-8,11-13H2,1H3,(H,22,26)(H,24,25)/t16-,17?,18?,19?,24?;15-/m00/s1. The van der Waals surface area contributed by atoms with Crippen molar-refractivity contribution in [1.82, 2.24) is 20.6 Å². The molecule has 7 fully saturated rings. The van der Waals surface area contributed by atoms with Crippen LogP contribution in [0.15, 0.2) is 24.3 Å². The fourth-order valence-corrected chi connectivity index (χ4v) is 11.4. The molecule has 4 N–H and O–H groups in total. The van der Waals surface area contributed by atoms with Crippen LogP contribution in [0.2, 0.25) is 0 Å². The number of hydrogen-bond donors (Lipinski definition) is 4. The van der Waals surface area contributed by atoms with Gasteiger partial charge in [0.15, 0.2) is 0 Å². The van der Waals surface area contributed by atoms with Crippen molar-refractivity contribution in [2.24, 2.45) is 29.6 Å². The molecule has 2 aliphatic heterocycles. The van der Waals surface area contributed by atoms with E-state index < -0.39 is 11.9 Å². The number of aryl methyl sites for hydroxylation is 2. The number of hydrogen-bond acceptors (Lipinski definition) is 8. The number of piperidine rings is 2. The number of carboxylic acids is 2. The van der Waals surface area contributed by atoms with Gasteiger partial charge in [0.05, 0.1) is 22.5 Å². The second-order valence-corrected chi connectivity index (χ2v) is 18.2. The van der Waals surface area contributed by atoms with Gasteiger partial charge in [0.1, 0.15) is 11.6 Å². The minimum absolute atomic E-state index is 0.00781. The first kappa shape index (κ1) is 40.0. The van der Waals surface area contributed by atoms with Gasteiger partial charge in [-0.25, -0.2) is 9.97 Å². The molecule has 0 radical (unpaired) electrons. The average molecular weight is 771 g/mol. The molecule has 5 saturated carbocycles. The van der Waals surface area contributed by atoms with E-state index in [1.165, 1.54) is 38.5 Å². The molecule has 5 aliphatic carbocycles. The summed E-state index contributed by atoms with van der Waals surface area (Å²) in [6.45, 7) is 7.00. The third-order valence-electron chi connectivity index (χ3n) is 13.6. The first-order valence-corrected chi connectivity index (χ1v) is 21.4. The second kappa shape index (κ2) is 17.5. The molecule has 0 aromatic carbocycles. The van der Waals surface area contributed by atoms with Crippen molar-refractivity contribution in [3.8, 4) is 0 Å². The zero-order valence-electron chi connectivity index (χ0n) is 33.4. The Bertz CT molecular complexity index is 1720. The van der Waals surface area contributed by atoms with Crippen molar-refractivity contribution in [3.63, 3.8) is 0 Å². The number of aliphatic carboxylic acids is 2. The highest BCUT2D eigenvalue weighted by Gasteiger charge is 2.51. The molecule has 12 nitrogen and oxygen atoms in total. The summed E-state index contributed by atoms with van der Waals surface area (Å²) in [6, 6.07) is 7.89. The van der Waals surface area contributed by atoms with Crippen LogP contribution in [0.4, 0.5) is 11.6 Å². The molecular weight excluding hydrogens is 709 g/mol. The molecule has 304 valence electrons. The maximum absolute atomic E-state index is 13.2. The van der Waals surface area contributed by atoms with E-state index in [1.54, 1.807) is 0 Å². The van der Waals surface area contributed by atoms with Gasteiger partial charge in [-0.1, -0.05) is 19.3 Å². The third-order valence-corrected chi connectivity index (χ3v) is 13.6. The van der Waals surface area contributed by atoms with Crippen LogP contribution in [0.5, 0.6) is 0 Å². The Morgan fingerprint density at radius 2 is 1.12 bits per heavy atom. The summed E-state index contributed by atoms with van der Waals surface area (Å²) in [5, 5.41) is 24.7. The van der Waals surface area contributed by atoms with Crippen LogP contribution in [-0.4, -0.2) is 81.7 Å². The molecule has 7 aliphatic rings. The van der Waals surface area contributed by atoms with Gasteiger partial charge >= 0.3 is 11.9 Å². The van der Waals surface area contributed by atoms with Crippen molar-refractivity contribution in [2.45, 2.75) is 135 Å². The van der Waals surface area contributed by atoms with E-state index in [4.69, 9.17) is 15.2 Å². The van der Waals surface area contributed by atoms with E-state index >= 15 is 0 Å². The van der Waals surface area contributed by atoms with Crippen molar-refractivity contribution >= 4 is 35.4 Å². The highest BCUT2D eigenvalue weighted by Crippen LogP contribution is 2.55. The minimum atomic E-state index is -0.740. The van der Waals surface area contributed by atoms with E-state index in [9.17, 15) is 19.2 Å². The molecule has 4 heterocycles. The topological polar surface area (TPSA) is 165 Å². The average Bonchev–Trinajstić information content (AvgIpc) is 3.14. The van der Waals surface area contributed by atoms with Crippen molar-refractivity contribution in [3.05, 3.63) is 46.8 Å². The molecule has 2 amide bonds. The molecule has 2 saturated heterocycles. The number of rotatable bonds is 10. The van der Waals surface area contributed by atoms with Gasteiger partial charge in [-0.05, 0) is 145 Å². The van der Waals surface area contributed by atoms with Gasteiger partial charge < -0.3 is 30.6 Å². The zero-order chi connectivity index (χ0) is 39.4. The fraction of sp³-hybridized carbons (Fsp3) is 0.682. The molecule has 2 aromatic heterocycles. The largest absolute Gasteiger partial charge is 0.481 e. The van der Waals surface area contributed by atoms with Crippen molar-refractivity contribution in [1.29, 1.82) is 0 Å². The normalized spacial score (nSPS) is 28.6. The number of anilines is 2. The lowest BCUT2D eigenvalue weighted by Gasteiger charge is -2.56. The van der Waals surface area contributed by atoms with Gasteiger partial charge in [0, 0.05) is 50.6 Å². The van der Waals surface area contributed by atoms with Crippen molar-refractivity contribution < 1.29 is 29.4 Å². The van der Waals surface area contributed by atoms with E-state index in [2.05, 4.69) is 25.4 Å². The molecule has 0 unspecified atom stereocenters. The SMILES string of the molecule is Cc1nc(N2CCC[C@@H](CC(=O)O)C2)ccc1C(=O)NC12CC3CC(CC(C3)C1)C2.Cc1nc(N2CCC[C@@H](CC(=O)O)C2)ccc1C(=O)NC1CCCCC1. The summed E-state index contributed by atoms with van der Waals surface area (Å²) in [4.78, 5) is 61.5. The Labute approximate surface area is 331 Å². The molecule has 0 spiro atoms. The number of carbonyl (C=O) groups excluding carboxylic acids is 2. The van der Waals surface area contributed by atoms with Crippen LogP contribution in [0, 0.1) is 43.4 Å². The molecular formula is C44H62N6O6. The van der Waals surface area contributed by atoms with Gasteiger partial charge in [-0.3, -0.25) is 19.2 Å². The first-order chi connectivity index (χ1) is 26.9. The Morgan fingerprint density at radius 3 is 1.57 bits per heavy atom. The fourth-order valence-electron chi connectivity index (χ4n) is 11.4. The highest BCUT2D eigenvalue weighted by atomic mass is 16.4. The summed E-state index contributed by atoms with van der Waals surface area (Å²) < 4.78 is 0. The Hall–Kier alpha value is -4.22. The number of pyridine rings is 2. The summed E-state index contributed by atoms with van der Waals surface area (Å²) in [5.74, 6) is 2.95. The lowest BCUT2D eigenvalue weighted by Crippen LogP contribution is -2.59. The van der Waals surface area contributed by atoms with Crippen LogP contribution in [0.1, 0.15) is 141 Å². The van der Waals surface area contributed by atoms with E-state index in [0.717, 1.165) is 118 Å². The number of nitrogens with zero attached hydrogens (tertiary/aromatic N) is 4. The van der Waals surface area contributed by atoms with E-state index in [0.29, 0.717) is 17.7 Å². The lowest BCUT2D eigenvalue weighted by atomic mass is 9.53. The van der Waals surface area contributed by atoms with Crippen LogP contribution >= 0.6 is 0 Å².